The molecule has 2 aromatic heterocycles. The number of hydrogen-bond acceptors (Lipinski definition) is 5. The summed E-state index contributed by atoms with van der Waals surface area (Å²) in [5.41, 5.74) is 0.447. The van der Waals surface area contributed by atoms with Crippen molar-refractivity contribution in [2.75, 3.05) is 0 Å². The zero-order valence-electron chi connectivity index (χ0n) is 9.96. The van der Waals surface area contributed by atoms with Crippen molar-refractivity contribution in [2.45, 2.75) is 17.7 Å². The first kappa shape index (κ1) is 14.9. The van der Waals surface area contributed by atoms with E-state index in [4.69, 9.17) is 0 Å². The van der Waals surface area contributed by atoms with Crippen LogP contribution in [-0.4, -0.2) is 18.4 Å². The van der Waals surface area contributed by atoms with Crippen molar-refractivity contribution >= 4 is 21.2 Å². The van der Waals surface area contributed by atoms with Gasteiger partial charge in [-0.1, -0.05) is 0 Å². The van der Waals surface area contributed by atoms with Crippen LogP contribution in [0.15, 0.2) is 29.9 Å². The van der Waals surface area contributed by atoms with E-state index >= 15 is 0 Å². The van der Waals surface area contributed by atoms with Gasteiger partial charge >= 0.3 is 6.18 Å². The minimum atomic E-state index is -4.54. The first-order valence-electron chi connectivity index (χ1n) is 5.37. The molecule has 0 bridgehead atoms. The minimum Gasteiger partial charge on any atom is -0.265 e. The van der Waals surface area contributed by atoms with E-state index in [9.17, 15) is 21.6 Å². The van der Waals surface area contributed by atoms with E-state index in [1.165, 1.54) is 12.4 Å². The molecule has 108 valence electrons. The smallest absolute Gasteiger partial charge is 0.265 e. The summed E-state index contributed by atoms with van der Waals surface area (Å²) < 4.78 is 60.9. The first-order chi connectivity index (χ1) is 9.26. The third-order valence-corrected chi connectivity index (χ3v) is 4.74. The van der Waals surface area contributed by atoms with E-state index in [0.29, 0.717) is 16.9 Å². The van der Waals surface area contributed by atoms with Crippen molar-refractivity contribution in [3.63, 3.8) is 0 Å². The number of thiazole rings is 1. The van der Waals surface area contributed by atoms with E-state index in [0.717, 1.165) is 5.38 Å². The fourth-order valence-corrected chi connectivity index (χ4v) is 3.71. The lowest BCUT2D eigenvalue weighted by Crippen LogP contribution is -2.09. The first-order valence-corrected chi connectivity index (χ1v) is 8.07. The molecule has 0 saturated heterocycles. The average Bonchev–Trinajstić information content (AvgIpc) is 2.77. The monoisotopic (exact) mass is 322 g/mol. The van der Waals surface area contributed by atoms with Gasteiger partial charge in [0, 0.05) is 17.8 Å². The van der Waals surface area contributed by atoms with E-state index < -0.39 is 26.8 Å². The predicted molar refractivity (Wildman–Crippen MR) is 67.7 cm³/mol. The lowest BCUT2D eigenvalue weighted by molar-refractivity contribution is -0.137. The van der Waals surface area contributed by atoms with Gasteiger partial charge in [0.25, 0.3) is 0 Å². The second kappa shape index (κ2) is 5.49. The molecular formula is C11H9F3N2O2S2. The number of alkyl halides is 3. The van der Waals surface area contributed by atoms with Crippen LogP contribution in [0.3, 0.4) is 0 Å². The second-order valence-electron chi connectivity index (χ2n) is 4.03. The van der Waals surface area contributed by atoms with Gasteiger partial charge in [-0.2, -0.15) is 13.2 Å². The average molecular weight is 322 g/mol. The Bertz CT molecular complexity index is 681. The largest absolute Gasteiger partial charge is 0.443 e. The maximum Gasteiger partial charge on any atom is 0.443 e. The second-order valence-corrected chi connectivity index (χ2v) is 6.95. The van der Waals surface area contributed by atoms with E-state index in [2.05, 4.69) is 9.97 Å². The normalized spacial score (nSPS) is 12.6. The molecule has 0 radical (unpaired) electrons. The van der Waals surface area contributed by atoms with Crippen LogP contribution in [0.25, 0.3) is 0 Å². The van der Waals surface area contributed by atoms with Crippen molar-refractivity contribution in [2.24, 2.45) is 0 Å². The molecule has 4 nitrogen and oxygen atoms in total. The van der Waals surface area contributed by atoms with Crippen molar-refractivity contribution in [1.82, 2.24) is 9.97 Å². The summed E-state index contributed by atoms with van der Waals surface area (Å²) in [6.45, 7) is 0. The number of nitrogens with zero attached hydrogens (tertiary/aromatic N) is 2. The zero-order valence-corrected chi connectivity index (χ0v) is 11.6. The highest BCUT2D eigenvalue weighted by molar-refractivity contribution is 7.89. The Morgan fingerprint density at radius 1 is 1.15 bits per heavy atom. The molecule has 0 aliphatic carbocycles. The van der Waals surface area contributed by atoms with Crippen LogP contribution >= 0.6 is 11.3 Å². The third-order valence-electron chi connectivity index (χ3n) is 2.30. The van der Waals surface area contributed by atoms with Crippen LogP contribution in [0.4, 0.5) is 13.2 Å². The van der Waals surface area contributed by atoms with Gasteiger partial charge in [-0.25, -0.2) is 13.4 Å². The number of hydrogen-bond donors (Lipinski definition) is 0. The maximum absolute atomic E-state index is 12.4. The van der Waals surface area contributed by atoms with E-state index in [1.807, 2.05) is 0 Å². The molecule has 0 amide bonds. The lowest BCUT2D eigenvalue weighted by atomic mass is 10.3. The molecule has 0 atom stereocenters. The predicted octanol–water partition coefficient (Wildman–Crippen LogP) is 2.67. The Balaban J connectivity index is 2.11. The van der Waals surface area contributed by atoms with Gasteiger partial charge < -0.3 is 0 Å². The Labute approximate surface area is 117 Å². The van der Waals surface area contributed by atoms with Crippen molar-refractivity contribution in [1.29, 1.82) is 0 Å². The summed E-state index contributed by atoms with van der Waals surface area (Å²) in [5, 5.41) is 0.0824. The van der Waals surface area contributed by atoms with Gasteiger partial charge in [0.2, 0.25) is 0 Å². The molecule has 2 heterocycles. The van der Waals surface area contributed by atoms with Crippen LogP contribution in [0.5, 0.6) is 0 Å². The number of aromatic nitrogens is 2. The van der Waals surface area contributed by atoms with Gasteiger partial charge in [-0.05, 0) is 17.7 Å². The molecule has 0 fully saturated rings. The quantitative estimate of drug-likeness (QED) is 0.868. The Hall–Kier alpha value is -1.48. The summed E-state index contributed by atoms with van der Waals surface area (Å²) in [7, 11) is -3.57. The van der Waals surface area contributed by atoms with Crippen LogP contribution in [0, 0.1) is 0 Å². The molecule has 0 N–H and O–H groups in total. The Morgan fingerprint density at radius 3 is 2.35 bits per heavy atom. The molecule has 0 unspecified atom stereocenters. The minimum absolute atomic E-state index is 0.0867. The molecule has 0 saturated carbocycles. The number of sulfone groups is 1. The van der Waals surface area contributed by atoms with E-state index in [1.54, 1.807) is 12.1 Å². The highest BCUT2D eigenvalue weighted by Gasteiger charge is 2.34. The van der Waals surface area contributed by atoms with Gasteiger partial charge in [-0.3, -0.25) is 4.98 Å². The van der Waals surface area contributed by atoms with Crippen molar-refractivity contribution < 1.29 is 21.6 Å². The number of pyridine rings is 1. The van der Waals surface area contributed by atoms with Gasteiger partial charge in [0.1, 0.15) is 0 Å². The summed E-state index contributed by atoms with van der Waals surface area (Å²) in [4.78, 5) is 7.07. The van der Waals surface area contributed by atoms with Gasteiger partial charge in [0.05, 0.1) is 17.2 Å². The fourth-order valence-electron chi connectivity index (χ4n) is 1.51. The van der Waals surface area contributed by atoms with Crippen molar-refractivity contribution in [3.8, 4) is 0 Å². The number of halogens is 3. The number of rotatable bonds is 4. The summed E-state index contributed by atoms with van der Waals surface area (Å²) in [6, 6.07) is 3.08. The third kappa shape index (κ3) is 4.01. The molecule has 0 aliphatic rings. The Morgan fingerprint density at radius 2 is 1.80 bits per heavy atom. The molecule has 0 aliphatic heterocycles. The lowest BCUT2D eigenvalue weighted by Gasteiger charge is -2.03. The highest BCUT2D eigenvalue weighted by atomic mass is 32.2. The van der Waals surface area contributed by atoms with Crippen LogP contribution < -0.4 is 0 Å². The highest BCUT2D eigenvalue weighted by Crippen LogP contribution is 2.32. The van der Waals surface area contributed by atoms with Gasteiger partial charge in [-0.15, -0.1) is 11.3 Å². The molecule has 20 heavy (non-hydrogen) atoms. The summed E-state index contributed by atoms with van der Waals surface area (Å²) >= 11 is 0.393. The van der Waals surface area contributed by atoms with E-state index in [-0.39, 0.29) is 11.4 Å². The van der Waals surface area contributed by atoms with Crippen LogP contribution in [0.2, 0.25) is 0 Å². The zero-order chi connectivity index (χ0) is 14.8. The Kier molecular flexibility index (Phi) is 4.09. The van der Waals surface area contributed by atoms with Crippen LogP contribution in [-0.2, 0) is 27.5 Å². The molecule has 2 rings (SSSR count). The fraction of sp³-hybridized carbons (Fsp3) is 0.273. The molecule has 0 spiro atoms. The summed E-state index contributed by atoms with van der Waals surface area (Å²) in [6.07, 6.45) is -1.64. The van der Waals surface area contributed by atoms with Crippen molar-refractivity contribution in [3.05, 3.63) is 46.2 Å². The summed E-state index contributed by atoms with van der Waals surface area (Å²) in [5.74, 6) is -0.768. The van der Waals surface area contributed by atoms with Crippen LogP contribution in [0.1, 0.15) is 16.3 Å². The standard InChI is InChI=1S/C11H9F3N2O2S2/c12-11(13,14)10-16-9(5-19-10)7-20(17,18)6-8-1-3-15-4-2-8/h1-5H,6-7H2. The SMILES string of the molecule is O=S(=O)(Cc1ccncc1)Cc1csc(C(F)(F)F)n1. The maximum atomic E-state index is 12.4. The molecular weight excluding hydrogens is 313 g/mol. The topological polar surface area (TPSA) is 59.9 Å². The molecule has 9 heteroatoms. The molecule has 2 aromatic rings. The molecule has 0 aromatic carbocycles. The van der Waals surface area contributed by atoms with Gasteiger partial charge in [0.15, 0.2) is 14.8 Å².